The van der Waals surface area contributed by atoms with Gasteiger partial charge in [-0.1, -0.05) is 13.3 Å². The van der Waals surface area contributed by atoms with Gasteiger partial charge in [0, 0.05) is 30.2 Å². The van der Waals surface area contributed by atoms with Gasteiger partial charge in [-0.15, -0.1) is 11.3 Å². The minimum atomic E-state index is -0.0248. The van der Waals surface area contributed by atoms with Crippen LogP contribution in [0.3, 0.4) is 0 Å². The zero-order valence-corrected chi connectivity index (χ0v) is 12.8. The summed E-state index contributed by atoms with van der Waals surface area (Å²) < 4.78 is 1.64. The van der Waals surface area contributed by atoms with Crippen LogP contribution in [0.4, 0.5) is 0 Å². The molecule has 0 atom stereocenters. The largest absolute Gasteiger partial charge is 0.395 e. The molecule has 0 saturated heterocycles. The lowest BCUT2D eigenvalue weighted by Gasteiger charge is -2.20. The molecule has 5 nitrogen and oxygen atoms in total. The molecule has 0 aliphatic heterocycles. The minimum absolute atomic E-state index is 0.0248. The average molecular weight is 295 g/mol. The van der Waals surface area contributed by atoms with E-state index >= 15 is 0 Å². The second-order valence-electron chi connectivity index (χ2n) is 4.93. The highest BCUT2D eigenvalue weighted by Crippen LogP contribution is 2.12. The summed E-state index contributed by atoms with van der Waals surface area (Å²) in [6, 6.07) is 1.60. The van der Waals surface area contributed by atoms with Crippen LogP contribution in [0.2, 0.25) is 0 Å². The van der Waals surface area contributed by atoms with Crippen LogP contribution in [-0.4, -0.2) is 39.1 Å². The number of aliphatic hydroxyl groups excluding tert-OH is 1. The highest BCUT2D eigenvalue weighted by Gasteiger charge is 2.10. The summed E-state index contributed by atoms with van der Waals surface area (Å²) in [5.74, 6) is 0. The molecular formula is C14H21N3O2S. The van der Waals surface area contributed by atoms with Crippen molar-refractivity contribution < 1.29 is 5.11 Å². The van der Waals surface area contributed by atoms with Crippen molar-refractivity contribution in [3.8, 4) is 0 Å². The molecule has 2 aromatic heterocycles. The van der Waals surface area contributed by atoms with Crippen molar-refractivity contribution in [2.45, 2.75) is 33.2 Å². The van der Waals surface area contributed by atoms with E-state index in [4.69, 9.17) is 5.11 Å². The van der Waals surface area contributed by atoms with Gasteiger partial charge in [-0.05, 0) is 19.9 Å². The lowest BCUT2D eigenvalue weighted by molar-refractivity contribution is 0.187. The van der Waals surface area contributed by atoms with Crippen LogP contribution in [0.1, 0.15) is 31.2 Å². The van der Waals surface area contributed by atoms with Crippen molar-refractivity contribution >= 4 is 16.3 Å². The van der Waals surface area contributed by atoms with Gasteiger partial charge in [0.2, 0.25) is 0 Å². The number of hydrogen-bond donors (Lipinski definition) is 1. The van der Waals surface area contributed by atoms with Crippen molar-refractivity contribution in [3.63, 3.8) is 0 Å². The van der Waals surface area contributed by atoms with Gasteiger partial charge in [0.15, 0.2) is 4.96 Å². The van der Waals surface area contributed by atoms with E-state index in [9.17, 15) is 4.79 Å². The van der Waals surface area contributed by atoms with Gasteiger partial charge in [0.25, 0.3) is 5.56 Å². The molecule has 2 aromatic rings. The Morgan fingerprint density at radius 1 is 1.45 bits per heavy atom. The molecule has 0 aliphatic rings. The highest BCUT2D eigenvalue weighted by atomic mass is 32.1. The summed E-state index contributed by atoms with van der Waals surface area (Å²) in [5.41, 5.74) is 1.68. The third kappa shape index (κ3) is 3.45. The van der Waals surface area contributed by atoms with E-state index in [2.05, 4.69) is 16.8 Å². The summed E-state index contributed by atoms with van der Waals surface area (Å²) in [5, 5.41) is 11.1. The molecule has 20 heavy (non-hydrogen) atoms. The Morgan fingerprint density at radius 3 is 2.95 bits per heavy atom. The number of aryl methyl sites for hydroxylation is 1. The van der Waals surface area contributed by atoms with E-state index in [0.29, 0.717) is 13.1 Å². The first-order valence-corrected chi connectivity index (χ1v) is 7.83. The molecular weight excluding hydrogens is 274 g/mol. The fraction of sp³-hybridized carbons (Fsp3) is 0.571. The molecule has 0 spiro atoms. The lowest BCUT2D eigenvalue weighted by Crippen LogP contribution is -2.29. The number of thiazole rings is 1. The number of rotatable bonds is 7. The average Bonchev–Trinajstić information content (AvgIpc) is 2.78. The Labute approximate surface area is 122 Å². The summed E-state index contributed by atoms with van der Waals surface area (Å²) in [6.07, 6.45) is 2.19. The van der Waals surface area contributed by atoms with Gasteiger partial charge in [-0.2, -0.15) is 0 Å². The van der Waals surface area contributed by atoms with E-state index in [0.717, 1.165) is 35.7 Å². The standard InChI is InChI=1S/C14H21N3O2S/c1-3-4-5-16(6-7-18)9-12-8-13(19)17-11(2)10-20-14(17)15-12/h8,10,18H,3-7,9H2,1-2H3. The molecule has 0 amide bonds. The van der Waals surface area contributed by atoms with E-state index in [1.54, 1.807) is 10.5 Å². The predicted octanol–water partition coefficient (Wildman–Crippen LogP) is 1.66. The van der Waals surface area contributed by atoms with Crippen LogP contribution in [0.15, 0.2) is 16.2 Å². The van der Waals surface area contributed by atoms with Gasteiger partial charge >= 0.3 is 0 Å². The fourth-order valence-electron chi connectivity index (χ4n) is 2.20. The van der Waals surface area contributed by atoms with Crippen LogP contribution in [0.5, 0.6) is 0 Å². The molecule has 0 fully saturated rings. The molecule has 0 saturated carbocycles. The Kier molecular flexibility index (Phi) is 5.28. The molecule has 2 heterocycles. The number of hydrogen-bond acceptors (Lipinski definition) is 5. The smallest absolute Gasteiger partial charge is 0.259 e. The molecule has 110 valence electrons. The van der Waals surface area contributed by atoms with E-state index in [1.807, 2.05) is 12.3 Å². The highest BCUT2D eigenvalue weighted by molar-refractivity contribution is 7.15. The first-order chi connectivity index (χ1) is 9.65. The zero-order chi connectivity index (χ0) is 14.5. The van der Waals surface area contributed by atoms with Crippen molar-refractivity contribution in [3.05, 3.63) is 33.2 Å². The molecule has 2 rings (SSSR count). The lowest BCUT2D eigenvalue weighted by atomic mass is 10.3. The Bertz CT molecular complexity index is 620. The number of fused-ring (bicyclic) bond motifs is 1. The van der Waals surface area contributed by atoms with E-state index in [-0.39, 0.29) is 12.2 Å². The van der Waals surface area contributed by atoms with Gasteiger partial charge in [-0.25, -0.2) is 4.98 Å². The summed E-state index contributed by atoms with van der Waals surface area (Å²) >= 11 is 1.48. The molecule has 0 bridgehead atoms. The number of nitrogens with zero attached hydrogens (tertiary/aromatic N) is 3. The Balaban J connectivity index is 2.21. The second-order valence-corrected chi connectivity index (χ2v) is 5.77. The molecule has 0 unspecified atom stereocenters. The van der Waals surface area contributed by atoms with Crippen LogP contribution in [0.25, 0.3) is 4.96 Å². The number of aromatic nitrogens is 2. The van der Waals surface area contributed by atoms with Crippen molar-refractivity contribution in [1.82, 2.24) is 14.3 Å². The maximum atomic E-state index is 12.1. The van der Waals surface area contributed by atoms with Crippen LogP contribution in [-0.2, 0) is 6.54 Å². The van der Waals surface area contributed by atoms with Crippen LogP contribution < -0.4 is 5.56 Å². The van der Waals surface area contributed by atoms with Crippen LogP contribution in [0, 0.1) is 6.92 Å². The van der Waals surface area contributed by atoms with Crippen LogP contribution >= 0.6 is 11.3 Å². The Hall–Kier alpha value is -1.24. The maximum absolute atomic E-state index is 12.1. The topological polar surface area (TPSA) is 57.8 Å². The monoisotopic (exact) mass is 295 g/mol. The predicted molar refractivity (Wildman–Crippen MR) is 81.3 cm³/mol. The van der Waals surface area contributed by atoms with Crippen molar-refractivity contribution in [2.24, 2.45) is 0 Å². The molecule has 6 heteroatoms. The summed E-state index contributed by atoms with van der Waals surface area (Å²) in [6.45, 7) is 6.33. The molecule has 0 aromatic carbocycles. The second kappa shape index (κ2) is 6.97. The normalized spacial score (nSPS) is 11.6. The molecule has 0 aliphatic carbocycles. The first kappa shape index (κ1) is 15.2. The van der Waals surface area contributed by atoms with Gasteiger partial charge in [0.05, 0.1) is 12.3 Å². The van der Waals surface area contributed by atoms with Gasteiger partial charge < -0.3 is 5.11 Å². The fourth-order valence-corrected chi connectivity index (χ4v) is 3.09. The van der Waals surface area contributed by atoms with E-state index < -0.39 is 0 Å². The first-order valence-electron chi connectivity index (χ1n) is 6.95. The van der Waals surface area contributed by atoms with Gasteiger partial charge in [0.1, 0.15) is 0 Å². The van der Waals surface area contributed by atoms with E-state index in [1.165, 1.54) is 11.3 Å². The van der Waals surface area contributed by atoms with Crippen molar-refractivity contribution in [1.29, 1.82) is 0 Å². The summed E-state index contributed by atoms with van der Waals surface area (Å²) in [4.78, 5) is 19.5. The molecule has 0 radical (unpaired) electrons. The minimum Gasteiger partial charge on any atom is -0.395 e. The quantitative estimate of drug-likeness (QED) is 0.844. The summed E-state index contributed by atoms with van der Waals surface area (Å²) in [7, 11) is 0. The third-order valence-electron chi connectivity index (χ3n) is 3.26. The SMILES string of the molecule is CCCCN(CCO)Cc1cc(=O)n2c(C)csc2n1. The number of unbranched alkanes of at least 4 members (excludes halogenated alkanes) is 1. The van der Waals surface area contributed by atoms with Crippen molar-refractivity contribution in [2.75, 3.05) is 19.7 Å². The zero-order valence-electron chi connectivity index (χ0n) is 12.0. The molecule has 1 N–H and O–H groups in total. The number of aliphatic hydroxyl groups is 1. The Morgan fingerprint density at radius 2 is 2.25 bits per heavy atom. The third-order valence-corrected chi connectivity index (χ3v) is 4.20. The van der Waals surface area contributed by atoms with Gasteiger partial charge in [-0.3, -0.25) is 14.1 Å². The maximum Gasteiger partial charge on any atom is 0.259 e.